The summed E-state index contributed by atoms with van der Waals surface area (Å²) in [5.41, 5.74) is 3.35. The molecule has 6 heteroatoms. The molecular weight excluding hydrogens is 362 g/mol. The van der Waals surface area contributed by atoms with Crippen LogP contribution in [-0.2, 0) is 4.79 Å². The van der Waals surface area contributed by atoms with Crippen LogP contribution in [0.5, 0.6) is 0 Å². The largest absolute Gasteiger partial charge is 0.338 e. The highest BCUT2D eigenvalue weighted by molar-refractivity contribution is 6.02. The monoisotopic (exact) mass is 383 g/mol. The molecule has 29 heavy (non-hydrogen) atoms. The smallest absolute Gasteiger partial charge is 0.264 e. The second-order valence-corrected chi connectivity index (χ2v) is 6.97. The first kappa shape index (κ1) is 18.6. The zero-order valence-corrected chi connectivity index (χ0v) is 16.0. The third-order valence-corrected chi connectivity index (χ3v) is 5.01. The van der Waals surface area contributed by atoms with Crippen molar-refractivity contribution in [2.45, 2.75) is 19.3 Å². The SMILES string of the molecule is N#C/C(=C/c1cn(-c2ccccc2)nc1-c1ccncc1)C(=O)N1CCCCC1. The Labute approximate surface area is 169 Å². The molecule has 0 radical (unpaired) electrons. The van der Waals surface area contributed by atoms with Gasteiger partial charge in [-0.2, -0.15) is 10.4 Å². The molecular formula is C23H21N5O. The zero-order chi connectivity index (χ0) is 20.1. The summed E-state index contributed by atoms with van der Waals surface area (Å²) in [6.07, 6.45) is 10.0. The van der Waals surface area contributed by atoms with E-state index in [-0.39, 0.29) is 11.5 Å². The minimum atomic E-state index is -0.208. The summed E-state index contributed by atoms with van der Waals surface area (Å²) < 4.78 is 1.77. The number of carbonyl (C=O) groups excluding carboxylic acids is 1. The number of amides is 1. The van der Waals surface area contributed by atoms with Crippen molar-refractivity contribution in [1.29, 1.82) is 5.26 Å². The topological polar surface area (TPSA) is 74.8 Å². The molecule has 1 fully saturated rings. The number of nitriles is 1. The summed E-state index contributed by atoms with van der Waals surface area (Å²) in [7, 11) is 0. The van der Waals surface area contributed by atoms with Crippen molar-refractivity contribution in [2.75, 3.05) is 13.1 Å². The van der Waals surface area contributed by atoms with Crippen molar-refractivity contribution in [3.05, 3.63) is 72.2 Å². The summed E-state index contributed by atoms with van der Waals surface area (Å²) >= 11 is 0. The van der Waals surface area contributed by atoms with E-state index in [1.807, 2.05) is 48.7 Å². The minimum absolute atomic E-state index is 0.134. The molecule has 1 aliphatic rings. The van der Waals surface area contributed by atoms with Gasteiger partial charge in [-0.05, 0) is 49.6 Å². The van der Waals surface area contributed by atoms with Crippen LogP contribution < -0.4 is 0 Å². The van der Waals surface area contributed by atoms with Crippen LogP contribution in [0.2, 0.25) is 0 Å². The average Bonchev–Trinajstić information content (AvgIpc) is 3.23. The van der Waals surface area contributed by atoms with Crippen LogP contribution in [0, 0.1) is 11.3 Å². The van der Waals surface area contributed by atoms with Gasteiger partial charge < -0.3 is 4.90 Å². The molecule has 0 spiro atoms. The van der Waals surface area contributed by atoms with Crippen LogP contribution in [0.25, 0.3) is 23.0 Å². The molecule has 6 nitrogen and oxygen atoms in total. The molecule has 3 aromatic rings. The number of benzene rings is 1. The maximum atomic E-state index is 12.9. The molecule has 0 N–H and O–H groups in total. The highest BCUT2D eigenvalue weighted by Crippen LogP contribution is 2.26. The Balaban J connectivity index is 1.76. The number of nitrogens with zero attached hydrogens (tertiary/aromatic N) is 5. The number of carbonyl (C=O) groups is 1. The first-order valence-corrected chi connectivity index (χ1v) is 9.73. The Morgan fingerprint density at radius 2 is 1.76 bits per heavy atom. The van der Waals surface area contributed by atoms with Crippen LogP contribution >= 0.6 is 0 Å². The van der Waals surface area contributed by atoms with Gasteiger partial charge in [0.2, 0.25) is 0 Å². The van der Waals surface area contributed by atoms with Gasteiger partial charge in [-0.1, -0.05) is 18.2 Å². The minimum Gasteiger partial charge on any atom is -0.338 e. The molecule has 4 rings (SSSR count). The first-order valence-electron chi connectivity index (χ1n) is 9.73. The molecule has 0 unspecified atom stereocenters. The lowest BCUT2D eigenvalue weighted by Crippen LogP contribution is -2.36. The van der Waals surface area contributed by atoms with Gasteiger partial charge in [-0.15, -0.1) is 0 Å². The van der Waals surface area contributed by atoms with Gasteiger partial charge in [0.25, 0.3) is 5.91 Å². The van der Waals surface area contributed by atoms with Gasteiger partial charge in [-0.25, -0.2) is 4.68 Å². The molecule has 3 heterocycles. The highest BCUT2D eigenvalue weighted by Gasteiger charge is 2.21. The third kappa shape index (κ3) is 4.09. The van der Waals surface area contributed by atoms with Gasteiger partial charge in [0, 0.05) is 42.8 Å². The molecule has 144 valence electrons. The Kier molecular flexibility index (Phi) is 5.48. The molecule has 1 aliphatic heterocycles. The third-order valence-electron chi connectivity index (χ3n) is 5.01. The zero-order valence-electron chi connectivity index (χ0n) is 16.0. The van der Waals surface area contributed by atoms with Gasteiger partial charge in [0.1, 0.15) is 17.3 Å². The summed E-state index contributed by atoms with van der Waals surface area (Å²) in [6.45, 7) is 1.41. The average molecular weight is 383 g/mol. The van der Waals surface area contributed by atoms with Crippen molar-refractivity contribution < 1.29 is 4.79 Å². The van der Waals surface area contributed by atoms with Gasteiger partial charge >= 0.3 is 0 Å². The lowest BCUT2D eigenvalue weighted by atomic mass is 10.1. The van der Waals surface area contributed by atoms with Crippen molar-refractivity contribution in [3.63, 3.8) is 0 Å². The van der Waals surface area contributed by atoms with E-state index in [9.17, 15) is 10.1 Å². The van der Waals surface area contributed by atoms with Crippen LogP contribution in [0.1, 0.15) is 24.8 Å². The molecule has 0 atom stereocenters. The van der Waals surface area contributed by atoms with E-state index in [0.717, 1.165) is 36.1 Å². The van der Waals surface area contributed by atoms with Crippen LogP contribution in [0.4, 0.5) is 0 Å². The van der Waals surface area contributed by atoms with Crippen molar-refractivity contribution in [3.8, 4) is 23.0 Å². The predicted octanol–water partition coefficient (Wildman–Crippen LogP) is 3.85. The Morgan fingerprint density at radius 1 is 1.03 bits per heavy atom. The Morgan fingerprint density at radius 3 is 2.45 bits per heavy atom. The van der Waals surface area contributed by atoms with E-state index in [1.54, 1.807) is 28.1 Å². The van der Waals surface area contributed by atoms with Crippen LogP contribution in [0.15, 0.2) is 66.6 Å². The molecule has 1 aromatic carbocycles. The van der Waals surface area contributed by atoms with E-state index in [0.29, 0.717) is 18.8 Å². The number of hydrogen-bond acceptors (Lipinski definition) is 4. The number of aromatic nitrogens is 3. The number of piperidine rings is 1. The molecule has 0 saturated carbocycles. The van der Waals surface area contributed by atoms with Crippen LogP contribution in [-0.4, -0.2) is 38.7 Å². The number of hydrogen-bond donors (Lipinski definition) is 0. The second-order valence-electron chi connectivity index (χ2n) is 6.97. The summed E-state index contributed by atoms with van der Waals surface area (Å²) in [4.78, 5) is 18.7. The maximum absolute atomic E-state index is 12.9. The van der Waals surface area contributed by atoms with Crippen molar-refractivity contribution in [2.24, 2.45) is 0 Å². The fraction of sp³-hybridized carbons (Fsp3) is 0.217. The molecule has 0 aliphatic carbocycles. The molecule has 0 bridgehead atoms. The lowest BCUT2D eigenvalue weighted by molar-refractivity contribution is -0.127. The van der Waals surface area contributed by atoms with E-state index in [2.05, 4.69) is 11.1 Å². The Hall–Kier alpha value is -3.72. The Bertz CT molecular complexity index is 1060. The summed E-state index contributed by atoms with van der Waals surface area (Å²) in [5.74, 6) is -0.208. The van der Waals surface area contributed by atoms with E-state index in [1.165, 1.54) is 0 Å². The summed E-state index contributed by atoms with van der Waals surface area (Å²) in [6, 6.07) is 15.6. The summed E-state index contributed by atoms with van der Waals surface area (Å²) in [5, 5.41) is 14.4. The van der Waals surface area contributed by atoms with Gasteiger partial charge in [-0.3, -0.25) is 9.78 Å². The quantitative estimate of drug-likeness (QED) is 0.506. The van der Waals surface area contributed by atoms with Crippen molar-refractivity contribution in [1.82, 2.24) is 19.7 Å². The maximum Gasteiger partial charge on any atom is 0.264 e. The number of pyridine rings is 1. The first-order chi connectivity index (χ1) is 14.3. The molecule has 1 amide bonds. The lowest BCUT2D eigenvalue weighted by Gasteiger charge is -2.26. The fourth-order valence-electron chi connectivity index (χ4n) is 3.50. The number of para-hydroxylation sites is 1. The predicted molar refractivity (Wildman–Crippen MR) is 111 cm³/mol. The molecule has 1 saturated heterocycles. The fourth-order valence-corrected chi connectivity index (χ4v) is 3.50. The standard InChI is InChI=1S/C23H21N5O/c24-16-19(23(29)27-13-5-2-6-14-27)15-20-17-28(21-7-3-1-4-8-21)26-22(20)18-9-11-25-12-10-18/h1,3-4,7-12,15,17H,2,5-6,13-14H2/b19-15-. The second kappa shape index (κ2) is 8.53. The van der Waals surface area contributed by atoms with Gasteiger partial charge in [0.05, 0.1) is 5.69 Å². The highest BCUT2D eigenvalue weighted by atomic mass is 16.2. The molecule has 2 aromatic heterocycles. The number of rotatable bonds is 4. The van der Waals surface area contributed by atoms with E-state index in [4.69, 9.17) is 5.10 Å². The van der Waals surface area contributed by atoms with E-state index < -0.39 is 0 Å². The number of likely N-dealkylation sites (tertiary alicyclic amines) is 1. The van der Waals surface area contributed by atoms with Crippen LogP contribution in [0.3, 0.4) is 0 Å². The normalized spacial score (nSPS) is 14.4. The van der Waals surface area contributed by atoms with Gasteiger partial charge in [0.15, 0.2) is 0 Å². The van der Waals surface area contributed by atoms with Crippen molar-refractivity contribution >= 4 is 12.0 Å². The van der Waals surface area contributed by atoms with E-state index >= 15 is 0 Å².